The lowest BCUT2D eigenvalue weighted by Crippen LogP contribution is -2.44. The van der Waals surface area contributed by atoms with Gasteiger partial charge in [0, 0.05) is 20.1 Å². The number of aryl methyl sites for hydroxylation is 1. The molecule has 0 aliphatic carbocycles. The number of nitrogens with zero attached hydrogens (tertiary/aromatic N) is 3. The number of amides is 4. The van der Waals surface area contributed by atoms with Gasteiger partial charge in [0.15, 0.2) is 0 Å². The smallest absolute Gasteiger partial charge is 0.327 e. The zero-order valence-electron chi connectivity index (χ0n) is 15.5. The van der Waals surface area contributed by atoms with Crippen LogP contribution in [0.2, 0.25) is 0 Å². The average molecular weight is 345 g/mol. The van der Waals surface area contributed by atoms with Crippen LogP contribution in [0.3, 0.4) is 0 Å². The molecular formula is C19H27N3O3. The second kappa shape index (κ2) is 8.14. The second-order valence-electron chi connectivity index (χ2n) is 6.96. The highest BCUT2D eigenvalue weighted by atomic mass is 16.2. The van der Waals surface area contributed by atoms with Crippen LogP contribution in [-0.2, 0) is 22.6 Å². The van der Waals surface area contributed by atoms with E-state index in [0.717, 1.165) is 16.9 Å². The number of imide groups is 1. The van der Waals surface area contributed by atoms with E-state index in [0.29, 0.717) is 19.0 Å². The lowest BCUT2D eigenvalue weighted by Gasteiger charge is -2.26. The molecule has 0 bridgehead atoms. The van der Waals surface area contributed by atoms with Crippen molar-refractivity contribution in [3.8, 4) is 0 Å². The van der Waals surface area contributed by atoms with Crippen LogP contribution in [-0.4, -0.2) is 59.2 Å². The molecule has 6 heteroatoms. The third kappa shape index (κ3) is 4.81. The Morgan fingerprint density at radius 3 is 2.24 bits per heavy atom. The summed E-state index contributed by atoms with van der Waals surface area (Å²) in [6.45, 7) is 7.09. The summed E-state index contributed by atoms with van der Waals surface area (Å²) >= 11 is 0. The third-order valence-electron chi connectivity index (χ3n) is 4.27. The maximum atomic E-state index is 12.7. The number of carbonyl (C=O) groups excluding carboxylic acids is 3. The van der Waals surface area contributed by atoms with Crippen molar-refractivity contribution in [1.82, 2.24) is 14.7 Å². The van der Waals surface area contributed by atoms with E-state index in [2.05, 4.69) is 19.1 Å². The molecule has 1 aliphatic heterocycles. The first-order valence-electron chi connectivity index (χ1n) is 8.72. The van der Waals surface area contributed by atoms with Gasteiger partial charge < -0.3 is 9.80 Å². The monoisotopic (exact) mass is 345 g/mol. The first-order valence-corrected chi connectivity index (χ1v) is 8.72. The molecule has 0 saturated carbocycles. The molecule has 25 heavy (non-hydrogen) atoms. The fraction of sp³-hybridized carbons (Fsp3) is 0.526. The number of hydrogen-bond donors (Lipinski definition) is 0. The molecule has 0 N–H and O–H groups in total. The zero-order valence-corrected chi connectivity index (χ0v) is 15.5. The van der Waals surface area contributed by atoms with Crippen molar-refractivity contribution in [3.05, 3.63) is 35.4 Å². The summed E-state index contributed by atoms with van der Waals surface area (Å²) in [5, 5.41) is 0. The van der Waals surface area contributed by atoms with Gasteiger partial charge in [-0.25, -0.2) is 4.79 Å². The van der Waals surface area contributed by atoms with Gasteiger partial charge in [0.25, 0.3) is 5.91 Å². The summed E-state index contributed by atoms with van der Waals surface area (Å²) in [6, 6.07) is 7.78. The second-order valence-corrected chi connectivity index (χ2v) is 6.96. The molecule has 0 atom stereocenters. The molecule has 6 nitrogen and oxygen atoms in total. The molecule has 1 aromatic carbocycles. The van der Waals surface area contributed by atoms with Gasteiger partial charge in [0.2, 0.25) is 5.91 Å². The molecule has 0 aromatic heterocycles. The van der Waals surface area contributed by atoms with Gasteiger partial charge in [-0.05, 0) is 23.5 Å². The molecular weight excluding hydrogens is 318 g/mol. The summed E-state index contributed by atoms with van der Waals surface area (Å²) in [4.78, 5) is 40.7. The van der Waals surface area contributed by atoms with Crippen molar-refractivity contribution in [2.24, 2.45) is 5.92 Å². The summed E-state index contributed by atoms with van der Waals surface area (Å²) < 4.78 is 0. The summed E-state index contributed by atoms with van der Waals surface area (Å²) in [5.74, 6) is -0.227. The van der Waals surface area contributed by atoms with Crippen LogP contribution in [0.1, 0.15) is 31.9 Å². The van der Waals surface area contributed by atoms with Crippen LogP contribution in [0.25, 0.3) is 0 Å². The zero-order chi connectivity index (χ0) is 18.6. The van der Waals surface area contributed by atoms with E-state index in [9.17, 15) is 14.4 Å². The first-order chi connectivity index (χ1) is 11.8. The maximum absolute atomic E-state index is 12.7. The lowest BCUT2D eigenvalue weighted by atomic mass is 10.1. The van der Waals surface area contributed by atoms with Gasteiger partial charge in [-0.2, -0.15) is 0 Å². The summed E-state index contributed by atoms with van der Waals surface area (Å²) in [6.07, 6.45) is 0.974. The van der Waals surface area contributed by atoms with Crippen molar-refractivity contribution >= 4 is 17.8 Å². The molecule has 1 heterocycles. The van der Waals surface area contributed by atoms with Gasteiger partial charge in [0.1, 0.15) is 13.1 Å². The average Bonchev–Trinajstić information content (AvgIpc) is 2.80. The Balaban J connectivity index is 2.08. The topological polar surface area (TPSA) is 60.9 Å². The van der Waals surface area contributed by atoms with Crippen LogP contribution in [0.15, 0.2) is 24.3 Å². The molecule has 0 spiro atoms. The Hall–Kier alpha value is -2.37. The molecule has 1 aromatic rings. The Morgan fingerprint density at radius 1 is 1.16 bits per heavy atom. The normalized spacial score (nSPS) is 14.6. The van der Waals surface area contributed by atoms with Crippen molar-refractivity contribution in [2.75, 3.05) is 26.7 Å². The van der Waals surface area contributed by atoms with E-state index < -0.39 is 6.03 Å². The number of rotatable bonds is 7. The number of carbonyl (C=O) groups is 3. The highest BCUT2D eigenvalue weighted by Gasteiger charge is 2.35. The van der Waals surface area contributed by atoms with Crippen molar-refractivity contribution in [2.45, 2.75) is 33.7 Å². The molecule has 1 saturated heterocycles. The van der Waals surface area contributed by atoms with Crippen LogP contribution in [0.5, 0.6) is 0 Å². The minimum atomic E-state index is -0.407. The Kier molecular flexibility index (Phi) is 6.17. The fourth-order valence-corrected chi connectivity index (χ4v) is 2.86. The predicted molar refractivity (Wildman–Crippen MR) is 95.8 cm³/mol. The van der Waals surface area contributed by atoms with E-state index >= 15 is 0 Å². The number of likely N-dealkylation sites (N-methyl/N-ethyl adjacent to an activating group) is 1. The van der Waals surface area contributed by atoms with E-state index in [4.69, 9.17) is 0 Å². The predicted octanol–water partition coefficient (Wildman–Crippen LogP) is 2.13. The van der Waals surface area contributed by atoms with Gasteiger partial charge in [-0.15, -0.1) is 0 Å². The van der Waals surface area contributed by atoms with E-state index in [1.807, 2.05) is 26.0 Å². The largest absolute Gasteiger partial charge is 0.337 e. The molecule has 2 rings (SSSR count). The third-order valence-corrected chi connectivity index (χ3v) is 4.27. The Labute approximate surface area is 149 Å². The minimum absolute atomic E-state index is 0.0365. The fourth-order valence-electron chi connectivity index (χ4n) is 2.86. The van der Waals surface area contributed by atoms with Crippen molar-refractivity contribution in [1.29, 1.82) is 0 Å². The van der Waals surface area contributed by atoms with Gasteiger partial charge in [-0.1, -0.05) is 45.0 Å². The van der Waals surface area contributed by atoms with Crippen molar-refractivity contribution in [3.63, 3.8) is 0 Å². The quantitative estimate of drug-likeness (QED) is 0.711. The minimum Gasteiger partial charge on any atom is -0.337 e. The maximum Gasteiger partial charge on any atom is 0.327 e. The van der Waals surface area contributed by atoms with E-state index in [1.54, 1.807) is 11.9 Å². The number of hydrogen-bond acceptors (Lipinski definition) is 3. The van der Waals surface area contributed by atoms with Crippen molar-refractivity contribution < 1.29 is 14.4 Å². The van der Waals surface area contributed by atoms with E-state index in [1.165, 1.54) is 10.5 Å². The van der Waals surface area contributed by atoms with Crippen LogP contribution >= 0.6 is 0 Å². The molecule has 1 aliphatic rings. The van der Waals surface area contributed by atoms with Crippen LogP contribution in [0.4, 0.5) is 4.79 Å². The molecule has 0 unspecified atom stereocenters. The molecule has 4 amide bonds. The number of urea groups is 1. The highest BCUT2D eigenvalue weighted by Crippen LogP contribution is 2.13. The standard InChI is InChI=1S/C19H27N3O3/c1-5-15-6-8-16(9-7-15)11-21(10-14(2)3)17(23)13-22-18(24)12-20(4)19(22)25/h6-9,14H,5,10-13H2,1-4H3. The SMILES string of the molecule is CCc1ccc(CN(CC(C)C)C(=O)CN2C(=O)CN(C)C2=O)cc1. The molecule has 0 radical (unpaired) electrons. The van der Waals surface area contributed by atoms with Crippen LogP contribution < -0.4 is 0 Å². The number of benzene rings is 1. The Bertz CT molecular complexity index is 640. The Morgan fingerprint density at radius 2 is 1.76 bits per heavy atom. The van der Waals surface area contributed by atoms with Crippen LogP contribution in [0, 0.1) is 5.92 Å². The lowest BCUT2D eigenvalue weighted by molar-refractivity contribution is -0.137. The van der Waals surface area contributed by atoms with E-state index in [-0.39, 0.29) is 24.9 Å². The van der Waals surface area contributed by atoms with Gasteiger partial charge in [-0.3, -0.25) is 14.5 Å². The van der Waals surface area contributed by atoms with Gasteiger partial charge in [0.05, 0.1) is 0 Å². The van der Waals surface area contributed by atoms with Gasteiger partial charge >= 0.3 is 6.03 Å². The summed E-state index contributed by atoms with van der Waals surface area (Å²) in [5.41, 5.74) is 2.30. The highest BCUT2D eigenvalue weighted by molar-refractivity contribution is 6.04. The molecule has 136 valence electrons. The summed E-state index contributed by atoms with van der Waals surface area (Å²) in [7, 11) is 1.56. The molecule has 1 fully saturated rings. The first kappa shape index (κ1) is 19.0.